The van der Waals surface area contributed by atoms with Crippen LogP contribution in [-0.4, -0.2) is 18.6 Å². The fourth-order valence-electron chi connectivity index (χ4n) is 2.77. The Morgan fingerprint density at radius 2 is 2.26 bits per heavy atom. The number of amides is 1. The molecule has 0 unspecified atom stereocenters. The highest BCUT2D eigenvalue weighted by Crippen LogP contribution is 2.35. The SMILES string of the molecule is CCOc1cc2c(cc1CNC(=O)c1occc1C)O[C@@H](C)C2. The first kappa shape index (κ1) is 15.5. The fraction of sp³-hybridized carbons (Fsp3) is 0.389. The van der Waals surface area contributed by atoms with Crippen LogP contribution in [0.3, 0.4) is 0 Å². The van der Waals surface area contributed by atoms with E-state index in [0.717, 1.165) is 34.6 Å². The van der Waals surface area contributed by atoms with E-state index in [1.54, 1.807) is 6.07 Å². The number of aryl methyl sites for hydroxylation is 1. The first-order valence-corrected chi connectivity index (χ1v) is 7.86. The highest BCUT2D eigenvalue weighted by molar-refractivity contribution is 5.92. The molecule has 2 heterocycles. The molecule has 1 N–H and O–H groups in total. The van der Waals surface area contributed by atoms with Crippen LogP contribution in [0.4, 0.5) is 0 Å². The van der Waals surface area contributed by atoms with E-state index in [-0.39, 0.29) is 12.0 Å². The number of ether oxygens (including phenoxy) is 2. The van der Waals surface area contributed by atoms with Gasteiger partial charge in [-0.3, -0.25) is 4.79 Å². The normalized spacial score (nSPS) is 15.9. The van der Waals surface area contributed by atoms with Crippen LogP contribution in [0.5, 0.6) is 11.5 Å². The van der Waals surface area contributed by atoms with E-state index in [1.807, 2.05) is 32.9 Å². The Kier molecular flexibility index (Phi) is 4.28. The summed E-state index contributed by atoms with van der Waals surface area (Å²) < 4.78 is 16.7. The van der Waals surface area contributed by atoms with Crippen LogP contribution in [0.15, 0.2) is 28.9 Å². The number of benzene rings is 1. The van der Waals surface area contributed by atoms with E-state index in [1.165, 1.54) is 6.26 Å². The van der Waals surface area contributed by atoms with E-state index in [4.69, 9.17) is 13.9 Å². The molecule has 0 fully saturated rings. The van der Waals surface area contributed by atoms with E-state index in [0.29, 0.717) is 18.9 Å². The molecule has 1 aromatic carbocycles. The van der Waals surface area contributed by atoms with Crippen LogP contribution in [0, 0.1) is 6.92 Å². The van der Waals surface area contributed by atoms with Crippen LogP contribution >= 0.6 is 0 Å². The summed E-state index contributed by atoms with van der Waals surface area (Å²) in [6.07, 6.45) is 2.57. The molecule has 0 saturated heterocycles. The third kappa shape index (κ3) is 3.18. The number of rotatable bonds is 5. The number of carbonyl (C=O) groups is 1. The van der Waals surface area contributed by atoms with Crippen molar-refractivity contribution in [3.05, 3.63) is 46.9 Å². The molecule has 5 nitrogen and oxygen atoms in total. The van der Waals surface area contributed by atoms with E-state index >= 15 is 0 Å². The number of fused-ring (bicyclic) bond motifs is 1. The van der Waals surface area contributed by atoms with Gasteiger partial charge in [0.15, 0.2) is 5.76 Å². The minimum Gasteiger partial charge on any atom is -0.494 e. The van der Waals surface area contributed by atoms with Gasteiger partial charge in [0, 0.05) is 29.7 Å². The fourth-order valence-corrected chi connectivity index (χ4v) is 2.77. The van der Waals surface area contributed by atoms with Crippen LogP contribution in [-0.2, 0) is 13.0 Å². The second-order valence-electron chi connectivity index (χ2n) is 5.75. The molecule has 5 heteroatoms. The van der Waals surface area contributed by atoms with Gasteiger partial charge in [-0.15, -0.1) is 0 Å². The zero-order valence-electron chi connectivity index (χ0n) is 13.6. The van der Waals surface area contributed by atoms with Crippen molar-refractivity contribution in [2.45, 2.75) is 39.8 Å². The minimum atomic E-state index is -0.232. The summed E-state index contributed by atoms with van der Waals surface area (Å²) in [7, 11) is 0. The average Bonchev–Trinajstić information content (AvgIpc) is 3.09. The predicted molar refractivity (Wildman–Crippen MR) is 86.0 cm³/mol. The molecule has 1 aliphatic heterocycles. The Hall–Kier alpha value is -2.43. The molecule has 122 valence electrons. The summed E-state index contributed by atoms with van der Waals surface area (Å²) in [5.41, 5.74) is 2.87. The van der Waals surface area contributed by atoms with Gasteiger partial charge in [0.25, 0.3) is 5.91 Å². The Balaban J connectivity index is 1.78. The quantitative estimate of drug-likeness (QED) is 0.920. The number of carbonyl (C=O) groups excluding carboxylic acids is 1. The van der Waals surface area contributed by atoms with E-state index < -0.39 is 0 Å². The summed E-state index contributed by atoms with van der Waals surface area (Å²) in [5.74, 6) is 1.78. The summed E-state index contributed by atoms with van der Waals surface area (Å²) in [6.45, 7) is 6.77. The maximum absolute atomic E-state index is 12.2. The van der Waals surface area contributed by atoms with Gasteiger partial charge < -0.3 is 19.2 Å². The predicted octanol–water partition coefficient (Wildman–Crippen LogP) is 3.24. The van der Waals surface area contributed by atoms with Gasteiger partial charge in [-0.1, -0.05) is 0 Å². The topological polar surface area (TPSA) is 60.7 Å². The molecule has 0 bridgehead atoms. The third-order valence-corrected chi connectivity index (χ3v) is 3.89. The molecular formula is C18H21NO4. The standard InChI is InChI=1S/C18H21NO4/c1-4-21-15-8-13-7-12(3)23-16(13)9-14(15)10-19-18(20)17-11(2)5-6-22-17/h5-6,8-9,12H,4,7,10H2,1-3H3,(H,19,20)/t12-/m0/s1. The molecule has 23 heavy (non-hydrogen) atoms. The van der Waals surface area contributed by atoms with Crippen molar-refractivity contribution in [3.8, 4) is 11.5 Å². The first-order chi connectivity index (χ1) is 11.1. The zero-order valence-corrected chi connectivity index (χ0v) is 13.6. The van der Waals surface area contributed by atoms with Crippen molar-refractivity contribution in [2.75, 3.05) is 6.61 Å². The molecule has 1 amide bonds. The van der Waals surface area contributed by atoms with Gasteiger partial charge in [-0.25, -0.2) is 0 Å². The maximum Gasteiger partial charge on any atom is 0.287 e. The van der Waals surface area contributed by atoms with Crippen molar-refractivity contribution in [1.29, 1.82) is 0 Å². The average molecular weight is 315 g/mol. The monoisotopic (exact) mass is 315 g/mol. The van der Waals surface area contributed by atoms with Crippen molar-refractivity contribution in [1.82, 2.24) is 5.32 Å². The Bertz CT molecular complexity index is 720. The highest BCUT2D eigenvalue weighted by atomic mass is 16.5. The lowest BCUT2D eigenvalue weighted by Crippen LogP contribution is -2.23. The van der Waals surface area contributed by atoms with Gasteiger partial charge in [0.1, 0.15) is 17.6 Å². The van der Waals surface area contributed by atoms with Crippen molar-refractivity contribution >= 4 is 5.91 Å². The molecule has 1 aromatic heterocycles. The molecule has 1 atom stereocenters. The van der Waals surface area contributed by atoms with E-state index in [2.05, 4.69) is 5.32 Å². The summed E-state index contributed by atoms with van der Waals surface area (Å²) in [4.78, 5) is 12.2. The van der Waals surface area contributed by atoms with Gasteiger partial charge in [0.05, 0.1) is 12.9 Å². The lowest BCUT2D eigenvalue weighted by atomic mass is 10.1. The lowest BCUT2D eigenvalue weighted by Gasteiger charge is -2.13. The van der Waals surface area contributed by atoms with Crippen molar-refractivity contribution < 1.29 is 18.7 Å². The second kappa shape index (κ2) is 6.36. The minimum absolute atomic E-state index is 0.176. The highest BCUT2D eigenvalue weighted by Gasteiger charge is 2.22. The number of nitrogens with one attached hydrogen (secondary N) is 1. The molecular weight excluding hydrogens is 294 g/mol. The molecule has 0 spiro atoms. The Labute approximate surface area is 135 Å². The number of hydrogen-bond acceptors (Lipinski definition) is 4. The largest absolute Gasteiger partial charge is 0.494 e. The lowest BCUT2D eigenvalue weighted by molar-refractivity contribution is 0.0922. The Morgan fingerprint density at radius 3 is 2.96 bits per heavy atom. The molecule has 3 rings (SSSR count). The van der Waals surface area contributed by atoms with Gasteiger partial charge in [-0.05, 0) is 39.0 Å². The molecule has 2 aromatic rings. The molecule has 0 aliphatic carbocycles. The van der Waals surface area contributed by atoms with E-state index in [9.17, 15) is 4.79 Å². The van der Waals surface area contributed by atoms with Gasteiger partial charge in [-0.2, -0.15) is 0 Å². The second-order valence-corrected chi connectivity index (χ2v) is 5.75. The summed E-state index contributed by atoms with van der Waals surface area (Å²) in [5, 5.41) is 2.88. The maximum atomic E-state index is 12.2. The smallest absolute Gasteiger partial charge is 0.287 e. The molecule has 0 saturated carbocycles. The summed E-state index contributed by atoms with van der Waals surface area (Å²) >= 11 is 0. The van der Waals surface area contributed by atoms with Gasteiger partial charge in [0.2, 0.25) is 0 Å². The van der Waals surface area contributed by atoms with Crippen LogP contribution in [0.1, 0.15) is 41.1 Å². The first-order valence-electron chi connectivity index (χ1n) is 7.86. The number of furan rings is 1. The molecule has 1 aliphatic rings. The van der Waals surface area contributed by atoms with Crippen molar-refractivity contribution in [3.63, 3.8) is 0 Å². The Morgan fingerprint density at radius 1 is 1.43 bits per heavy atom. The van der Waals surface area contributed by atoms with Crippen LogP contribution < -0.4 is 14.8 Å². The molecule has 0 radical (unpaired) electrons. The number of hydrogen-bond donors (Lipinski definition) is 1. The van der Waals surface area contributed by atoms with Crippen molar-refractivity contribution in [2.24, 2.45) is 0 Å². The van der Waals surface area contributed by atoms with Crippen LogP contribution in [0.25, 0.3) is 0 Å². The third-order valence-electron chi connectivity index (χ3n) is 3.89. The zero-order chi connectivity index (χ0) is 16.4. The van der Waals surface area contributed by atoms with Gasteiger partial charge >= 0.3 is 0 Å². The summed E-state index contributed by atoms with van der Waals surface area (Å²) in [6, 6.07) is 5.74. The van der Waals surface area contributed by atoms with Crippen LogP contribution in [0.2, 0.25) is 0 Å².